The monoisotopic (exact) mass is 501 g/mol. The average molecular weight is 502 g/mol. The number of hydrogen-bond donors (Lipinski definition) is 2. The summed E-state index contributed by atoms with van der Waals surface area (Å²) in [6.07, 6.45) is 5.54. The molecular formula is C26H33F2N5O3. The lowest BCUT2D eigenvalue weighted by molar-refractivity contribution is 0.0800. The van der Waals surface area contributed by atoms with Crippen LogP contribution in [-0.2, 0) is 11.2 Å². The number of halogens is 2. The van der Waals surface area contributed by atoms with E-state index in [9.17, 15) is 13.9 Å². The SMILES string of the molecule is C1CCOC1.CC(C)(O)Cc1cc2nc(N3CCC(Oc4cc(F)ccc4F)CC3)c(N)nc2cn1. The topological polar surface area (TPSA) is 107 Å². The van der Waals surface area contributed by atoms with E-state index in [1.807, 2.05) is 11.0 Å². The maximum absolute atomic E-state index is 13.8. The van der Waals surface area contributed by atoms with Gasteiger partial charge in [0.25, 0.3) is 0 Å². The number of nitrogens with two attached hydrogens (primary N) is 1. The first-order valence-electron chi connectivity index (χ1n) is 12.3. The predicted octanol–water partition coefficient (Wildman–Crippen LogP) is 4.04. The molecule has 5 rings (SSSR count). The fraction of sp³-hybridized carbons (Fsp3) is 0.500. The van der Waals surface area contributed by atoms with Gasteiger partial charge >= 0.3 is 0 Å². The second-order valence-corrected chi connectivity index (χ2v) is 9.78. The Kier molecular flexibility index (Phi) is 8.15. The number of piperidine rings is 1. The van der Waals surface area contributed by atoms with Crippen molar-refractivity contribution in [2.45, 2.75) is 57.7 Å². The Bertz CT molecular complexity index is 1170. The van der Waals surface area contributed by atoms with Crippen LogP contribution in [0.4, 0.5) is 20.4 Å². The molecule has 0 amide bonds. The Morgan fingerprint density at radius 3 is 2.47 bits per heavy atom. The number of nitrogens with zero attached hydrogens (tertiary/aromatic N) is 4. The summed E-state index contributed by atoms with van der Waals surface area (Å²) in [6.45, 7) is 6.63. The molecule has 3 N–H and O–H groups in total. The van der Waals surface area contributed by atoms with Crippen molar-refractivity contribution in [3.05, 3.63) is 47.8 Å². The summed E-state index contributed by atoms with van der Waals surface area (Å²) in [7, 11) is 0. The third-order valence-corrected chi connectivity index (χ3v) is 5.98. The molecular weight excluding hydrogens is 468 g/mol. The maximum Gasteiger partial charge on any atom is 0.172 e. The van der Waals surface area contributed by atoms with Crippen molar-refractivity contribution in [1.29, 1.82) is 0 Å². The summed E-state index contributed by atoms with van der Waals surface area (Å²) in [5.41, 5.74) is 7.22. The molecule has 0 unspecified atom stereocenters. The Labute approximate surface area is 209 Å². The van der Waals surface area contributed by atoms with E-state index in [1.54, 1.807) is 20.0 Å². The van der Waals surface area contributed by atoms with Crippen LogP contribution in [0, 0.1) is 11.6 Å². The highest BCUT2D eigenvalue weighted by Crippen LogP contribution is 2.28. The number of rotatable bonds is 5. The first-order valence-corrected chi connectivity index (χ1v) is 12.3. The summed E-state index contributed by atoms with van der Waals surface area (Å²) in [6, 6.07) is 5.00. The zero-order valence-electron chi connectivity index (χ0n) is 20.7. The van der Waals surface area contributed by atoms with Gasteiger partial charge in [0.2, 0.25) is 0 Å². The molecule has 1 aromatic carbocycles. The molecule has 3 aromatic rings. The quantitative estimate of drug-likeness (QED) is 0.540. The lowest BCUT2D eigenvalue weighted by Gasteiger charge is -2.33. The molecule has 0 spiro atoms. The van der Waals surface area contributed by atoms with Gasteiger partial charge in [-0.2, -0.15) is 0 Å². The van der Waals surface area contributed by atoms with Gasteiger partial charge in [0, 0.05) is 57.3 Å². The largest absolute Gasteiger partial charge is 0.487 e. The zero-order chi connectivity index (χ0) is 25.7. The Morgan fingerprint density at radius 2 is 1.83 bits per heavy atom. The lowest BCUT2D eigenvalue weighted by Crippen LogP contribution is -2.39. The Hall–Kier alpha value is -3.11. The molecule has 2 aliphatic rings. The number of pyridine rings is 1. The third kappa shape index (κ3) is 6.98. The van der Waals surface area contributed by atoms with E-state index in [-0.39, 0.29) is 11.9 Å². The van der Waals surface area contributed by atoms with E-state index in [0.717, 1.165) is 31.4 Å². The van der Waals surface area contributed by atoms with E-state index >= 15 is 0 Å². The van der Waals surface area contributed by atoms with Crippen molar-refractivity contribution in [3.63, 3.8) is 0 Å². The van der Waals surface area contributed by atoms with Gasteiger partial charge in [-0.3, -0.25) is 4.98 Å². The van der Waals surface area contributed by atoms with E-state index in [0.29, 0.717) is 60.7 Å². The van der Waals surface area contributed by atoms with Gasteiger partial charge in [-0.15, -0.1) is 0 Å². The van der Waals surface area contributed by atoms with Crippen LogP contribution in [0.15, 0.2) is 30.5 Å². The highest BCUT2D eigenvalue weighted by molar-refractivity contribution is 5.79. The van der Waals surface area contributed by atoms with Crippen LogP contribution in [0.2, 0.25) is 0 Å². The molecule has 194 valence electrons. The minimum Gasteiger partial charge on any atom is -0.487 e. The summed E-state index contributed by atoms with van der Waals surface area (Å²) in [5.74, 6) is -0.311. The molecule has 2 fully saturated rings. The van der Waals surface area contributed by atoms with E-state index in [2.05, 4.69) is 9.97 Å². The van der Waals surface area contributed by atoms with Crippen molar-refractivity contribution in [3.8, 4) is 5.75 Å². The van der Waals surface area contributed by atoms with Crippen molar-refractivity contribution < 1.29 is 23.4 Å². The standard InChI is InChI=1S/C22H25F2N5O2.C4H8O/c1-22(2,30)11-14-10-17-18(12-26-14)27-20(25)21(28-17)29-7-5-15(6-8-29)31-19-9-13(23)3-4-16(19)24;1-2-4-5-3-1/h3-4,9-10,12,15,30H,5-8,11H2,1-2H3,(H2,25,27);1-4H2. The van der Waals surface area contributed by atoms with Crippen LogP contribution in [-0.4, -0.2) is 58.1 Å². The summed E-state index contributed by atoms with van der Waals surface area (Å²) in [4.78, 5) is 15.5. The van der Waals surface area contributed by atoms with Crippen LogP contribution < -0.4 is 15.4 Å². The van der Waals surface area contributed by atoms with Gasteiger partial charge in [-0.05, 0) is 44.9 Å². The van der Waals surface area contributed by atoms with Crippen LogP contribution >= 0.6 is 0 Å². The number of anilines is 2. The number of benzene rings is 1. The van der Waals surface area contributed by atoms with Crippen molar-refractivity contribution in [2.24, 2.45) is 0 Å². The number of hydrogen-bond acceptors (Lipinski definition) is 8. The van der Waals surface area contributed by atoms with Gasteiger partial charge < -0.3 is 25.2 Å². The molecule has 2 aliphatic heterocycles. The molecule has 0 saturated carbocycles. The van der Waals surface area contributed by atoms with E-state index < -0.39 is 17.2 Å². The van der Waals surface area contributed by atoms with Gasteiger partial charge in [-0.25, -0.2) is 18.7 Å². The summed E-state index contributed by atoms with van der Waals surface area (Å²) >= 11 is 0. The van der Waals surface area contributed by atoms with Gasteiger partial charge in [0.1, 0.15) is 17.4 Å². The molecule has 10 heteroatoms. The molecule has 0 atom stereocenters. The molecule has 36 heavy (non-hydrogen) atoms. The molecule has 8 nitrogen and oxygen atoms in total. The molecule has 2 aromatic heterocycles. The highest BCUT2D eigenvalue weighted by Gasteiger charge is 2.25. The van der Waals surface area contributed by atoms with Crippen LogP contribution in [0.3, 0.4) is 0 Å². The highest BCUT2D eigenvalue weighted by atomic mass is 19.1. The lowest BCUT2D eigenvalue weighted by atomic mass is 10.0. The number of nitrogen functional groups attached to an aromatic ring is 1. The predicted molar refractivity (Wildman–Crippen MR) is 134 cm³/mol. The average Bonchev–Trinajstić information content (AvgIpc) is 3.41. The van der Waals surface area contributed by atoms with E-state index in [1.165, 1.54) is 12.8 Å². The van der Waals surface area contributed by atoms with Crippen LogP contribution in [0.5, 0.6) is 5.75 Å². The number of fused-ring (bicyclic) bond motifs is 1. The summed E-state index contributed by atoms with van der Waals surface area (Å²) < 4.78 is 37.8. The fourth-order valence-corrected chi connectivity index (χ4v) is 4.22. The Balaban J connectivity index is 0.000000543. The number of ether oxygens (including phenoxy) is 2. The molecule has 2 saturated heterocycles. The van der Waals surface area contributed by atoms with Gasteiger partial charge in [0.05, 0.1) is 17.3 Å². The minimum absolute atomic E-state index is 0.0738. The van der Waals surface area contributed by atoms with Gasteiger partial charge in [-0.1, -0.05) is 0 Å². The minimum atomic E-state index is -0.881. The van der Waals surface area contributed by atoms with Crippen LogP contribution in [0.1, 0.15) is 45.2 Å². The number of aliphatic hydroxyl groups is 1. The first-order chi connectivity index (χ1) is 17.2. The smallest absolute Gasteiger partial charge is 0.172 e. The second-order valence-electron chi connectivity index (χ2n) is 9.78. The van der Waals surface area contributed by atoms with Crippen molar-refractivity contribution in [2.75, 3.05) is 36.9 Å². The number of aromatic nitrogens is 3. The third-order valence-electron chi connectivity index (χ3n) is 5.98. The zero-order valence-corrected chi connectivity index (χ0v) is 20.7. The normalized spacial score (nSPS) is 16.6. The van der Waals surface area contributed by atoms with Crippen molar-refractivity contribution >= 4 is 22.7 Å². The van der Waals surface area contributed by atoms with E-state index in [4.69, 9.17) is 20.2 Å². The molecule has 0 bridgehead atoms. The fourth-order valence-electron chi connectivity index (χ4n) is 4.22. The molecule has 0 radical (unpaired) electrons. The van der Waals surface area contributed by atoms with Crippen LogP contribution in [0.25, 0.3) is 11.0 Å². The molecule has 0 aliphatic carbocycles. The Morgan fingerprint density at radius 1 is 1.11 bits per heavy atom. The molecule has 4 heterocycles. The van der Waals surface area contributed by atoms with Gasteiger partial charge in [0.15, 0.2) is 23.2 Å². The van der Waals surface area contributed by atoms with Crippen molar-refractivity contribution in [1.82, 2.24) is 15.0 Å². The summed E-state index contributed by atoms with van der Waals surface area (Å²) in [5, 5.41) is 10.0. The maximum atomic E-state index is 13.8. The first kappa shape index (κ1) is 26.0. The second kappa shape index (κ2) is 11.3.